The molecule has 0 atom stereocenters. The van der Waals surface area contributed by atoms with Gasteiger partial charge in [-0.2, -0.15) is 5.10 Å². The molecule has 0 spiro atoms. The van der Waals surface area contributed by atoms with Crippen LogP contribution in [0.4, 0.5) is 4.39 Å². The van der Waals surface area contributed by atoms with Crippen molar-refractivity contribution in [3.8, 4) is 28.1 Å². The molecular formula is C28H21FN4Pt. The van der Waals surface area contributed by atoms with Gasteiger partial charge >= 0.3 is 21.1 Å². The van der Waals surface area contributed by atoms with E-state index in [1.54, 1.807) is 10.9 Å². The maximum Gasteiger partial charge on any atom is 2.00 e. The minimum absolute atomic E-state index is 0. The quantitative estimate of drug-likeness (QED) is 0.176. The van der Waals surface area contributed by atoms with Crippen molar-refractivity contribution in [3.63, 3.8) is 0 Å². The Morgan fingerprint density at radius 1 is 0.853 bits per heavy atom. The van der Waals surface area contributed by atoms with Gasteiger partial charge in [0.1, 0.15) is 5.95 Å². The molecule has 0 fully saturated rings. The summed E-state index contributed by atoms with van der Waals surface area (Å²) in [6.45, 7) is 4.15. The van der Waals surface area contributed by atoms with E-state index in [2.05, 4.69) is 60.3 Å². The van der Waals surface area contributed by atoms with E-state index in [9.17, 15) is 4.39 Å². The third-order valence-corrected chi connectivity index (χ3v) is 5.71. The molecule has 3 aromatic heterocycles. The summed E-state index contributed by atoms with van der Waals surface area (Å²) in [7, 11) is 0. The first-order valence-electron chi connectivity index (χ1n) is 10.7. The van der Waals surface area contributed by atoms with Gasteiger partial charge in [0.05, 0.1) is 11.1 Å². The molecule has 0 saturated carbocycles. The maximum absolute atomic E-state index is 13.5. The standard InChI is InChI=1S/C28H21FN4.Pt/c1-28(2,26-15-17-33(32-26)23-14-16-30-27(29)19-23)25-13-7-12-24(31-25)22-11-6-10-21(18-22)20-8-4-3-5-9-20;/h3-10,12-13,15-19H,1-2H3;/q-2;+2. The van der Waals surface area contributed by atoms with Crippen LogP contribution >= 0.6 is 0 Å². The van der Waals surface area contributed by atoms with Crippen molar-refractivity contribution in [2.75, 3.05) is 0 Å². The zero-order valence-corrected chi connectivity index (χ0v) is 20.9. The molecule has 3 heterocycles. The Morgan fingerprint density at radius 2 is 1.68 bits per heavy atom. The fourth-order valence-corrected chi connectivity index (χ4v) is 3.76. The molecule has 6 heteroatoms. The Balaban J connectivity index is 0.00000274. The van der Waals surface area contributed by atoms with Crippen molar-refractivity contribution in [1.82, 2.24) is 19.7 Å². The molecule has 0 aliphatic heterocycles. The van der Waals surface area contributed by atoms with Gasteiger partial charge in [-0.1, -0.05) is 54.3 Å². The largest absolute Gasteiger partial charge is 2.00 e. The molecule has 0 unspecified atom stereocenters. The third-order valence-electron chi connectivity index (χ3n) is 5.71. The molecule has 0 aliphatic rings. The predicted molar refractivity (Wildman–Crippen MR) is 126 cm³/mol. The van der Waals surface area contributed by atoms with E-state index in [0.29, 0.717) is 5.69 Å². The van der Waals surface area contributed by atoms with E-state index < -0.39 is 11.4 Å². The Kier molecular flexibility index (Phi) is 6.85. The number of benzene rings is 2. The number of nitrogens with zero attached hydrogens (tertiary/aromatic N) is 4. The normalized spacial score (nSPS) is 11.1. The second-order valence-corrected chi connectivity index (χ2v) is 8.29. The van der Waals surface area contributed by atoms with Crippen molar-refractivity contribution in [2.45, 2.75) is 19.3 Å². The zero-order valence-electron chi connectivity index (χ0n) is 18.6. The molecule has 0 saturated heterocycles. The molecule has 2 aromatic carbocycles. The van der Waals surface area contributed by atoms with Gasteiger partial charge in [-0.3, -0.25) is 9.67 Å². The minimum atomic E-state index is -0.566. The molecule has 170 valence electrons. The molecule has 4 nitrogen and oxygen atoms in total. The number of aromatic nitrogens is 4. The maximum atomic E-state index is 13.5. The van der Waals surface area contributed by atoms with Crippen LogP contribution in [0, 0.1) is 18.1 Å². The van der Waals surface area contributed by atoms with Gasteiger partial charge in [-0.05, 0) is 37.2 Å². The summed E-state index contributed by atoms with van der Waals surface area (Å²) in [6.07, 6.45) is 3.10. The van der Waals surface area contributed by atoms with Crippen molar-refractivity contribution in [2.24, 2.45) is 0 Å². The Bertz CT molecular complexity index is 1410. The average Bonchev–Trinajstić information content (AvgIpc) is 3.36. The Morgan fingerprint density at radius 3 is 2.47 bits per heavy atom. The molecule has 5 aromatic rings. The van der Waals surface area contributed by atoms with Crippen LogP contribution in [0.5, 0.6) is 0 Å². The van der Waals surface area contributed by atoms with E-state index in [1.807, 2.05) is 48.5 Å². The molecule has 5 rings (SSSR count). The summed E-state index contributed by atoms with van der Waals surface area (Å²) < 4.78 is 15.1. The summed E-state index contributed by atoms with van der Waals surface area (Å²) in [5.41, 5.74) is 5.79. The van der Waals surface area contributed by atoms with Gasteiger partial charge in [0.15, 0.2) is 0 Å². The topological polar surface area (TPSA) is 43.6 Å². The summed E-state index contributed by atoms with van der Waals surface area (Å²) in [4.78, 5) is 8.52. The molecule has 0 radical (unpaired) electrons. The second kappa shape index (κ2) is 9.82. The first-order valence-corrected chi connectivity index (χ1v) is 10.7. The van der Waals surface area contributed by atoms with Gasteiger partial charge in [0.25, 0.3) is 0 Å². The Hall–Kier alpha value is -3.43. The molecule has 0 aliphatic carbocycles. The van der Waals surface area contributed by atoms with E-state index in [-0.39, 0.29) is 21.1 Å². The second-order valence-electron chi connectivity index (χ2n) is 8.29. The predicted octanol–water partition coefficient (Wildman–Crippen LogP) is 6.06. The van der Waals surface area contributed by atoms with Crippen LogP contribution in [0.2, 0.25) is 0 Å². The van der Waals surface area contributed by atoms with E-state index >= 15 is 0 Å². The average molecular weight is 628 g/mol. The van der Waals surface area contributed by atoms with Crippen LogP contribution < -0.4 is 0 Å². The summed E-state index contributed by atoms with van der Waals surface area (Å²) in [5.74, 6) is -0.566. The van der Waals surface area contributed by atoms with Crippen LogP contribution in [0.25, 0.3) is 28.1 Å². The zero-order chi connectivity index (χ0) is 22.8. The first-order chi connectivity index (χ1) is 16.0. The van der Waals surface area contributed by atoms with Gasteiger partial charge < -0.3 is 4.98 Å². The number of hydrogen-bond acceptors (Lipinski definition) is 3. The van der Waals surface area contributed by atoms with Gasteiger partial charge in [0, 0.05) is 11.9 Å². The molecule has 0 N–H and O–H groups in total. The summed E-state index contributed by atoms with van der Waals surface area (Å²) >= 11 is 0. The SMILES string of the molecule is CC(C)(c1cccc(-c2[c-]ccc(-c3ccccc3)c2)n1)c1ccn(-c2[c-]cnc(F)c2)n1.[Pt+2]. The number of rotatable bonds is 5. The van der Waals surface area contributed by atoms with Crippen molar-refractivity contribution >= 4 is 0 Å². The smallest absolute Gasteiger partial charge is 0.300 e. The Labute approximate surface area is 212 Å². The number of hydrogen-bond donors (Lipinski definition) is 0. The minimum Gasteiger partial charge on any atom is -0.300 e. The van der Waals surface area contributed by atoms with Crippen LogP contribution in [0.1, 0.15) is 25.2 Å². The fourth-order valence-electron chi connectivity index (χ4n) is 3.76. The van der Waals surface area contributed by atoms with Gasteiger partial charge in [-0.15, -0.1) is 41.5 Å². The number of pyridine rings is 2. The third kappa shape index (κ3) is 4.76. The van der Waals surface area contributed by atoms with Crippen molar-refractivity contribution in [1.29, 1.82) is 0 Å². The van der Waals surface area contributed by atoms with Crippen LogP contribution in [0.3, 0.4) is 0 Å². The van der Waals surface area contributed by atoms with Crippen molar-refractivity contribution in [3.05, 3.63) is 121 Å². The summed E-state index contributed by atoms with van der Waals surface area (Å²) in [5, 5.41) is 4.67. The van der Waals surface area contributed by atoms with Crippen molar-refractivity contribution < 1.29 is 25.5 Å². The number of halogens is 1. The van der Waals surface area contributed by atoms with E-state index in [4.69, 9.17) is 4.98 Å². The molecular weight excluding hydrogens is 606 g/mol. The molecule has 34 heavy (non-hydrogen) atoms. The van der Waals surface area contributed by atoms with Crippen LogP contribution in [-0.2, 0) is 26.5 Å². The van der Waals surface area contributed by atoms with E-state index in [0.717, 1.165) is 33.8 Å². The van der Waals surface area contributed by atoms with Crippen LogP contribution in [-0.4, -0.2) is 19.7 Å². The summed E-state index contributed by atoms with van der Waals surface area (Å²) in [6, 6.07) is 31.8. The first kappa shape index (κ1) is 23.7. The van der Waals surface area contributed by atoms with Gasteiger partial charge in [0.2, 0.25) is 0 Å². The molecule has 0 amide bonds. The van der Waals surface area contributed by atoms with E-state index in [1.165, 1.54) is 12.3 Å². The monoisotopic (exact) mass is 627 g/mol. The van der Waals surface area contributed by atoms with Gasteiger partial charge in [-0.25, -0.2) is 10.5 Å². The van der Waals surface area contributed by atoms with Crippen LogP contribution in [0.15, 0.2) is 91.3 Å². The molecule has 0 bridgehead atoms. The fraction of sp³-hybridized carbons (Fsp3) is 0.107.